The second kappa shape index (κ2) is 8.59. The summed E-state index contributed by atoms with van der Waals surface area (Å²) >= 11 is 0. The first-order valence-corrected chi connectivity index (χ1v) is 11.2. The standard InChI is InChI=1S/C22H20F2N4OS/c1-5-20-18(22(27-13-26-20)17-9-7-16(23)11-19(17)24)8-6-15-10-21(14(2)25-12-15)28-30(3,4)29/h7,9-13H,3,5H2,1-2,4H3,(H,28,29). The van der Waals surface area contributed by atoms with E-state index in [1.807, 2.05) is 6.92 Å². The lowest BCUT2D eigenvalue weighted by atomic mass is 10.0. The van der Waals surface area contributed by atoms with Crippen LogP contribution in [0.4, 0.5) is 14.5 Å². The molecule has 0 spiro atoms. The second-order valence-corrected chi connectivity index (χ2v) is 8.95. The highest BCUT2D eigenvalue weighted by atomic mass is 32.2. The van der Waals surface area contributed by atoms with Gasteiger partial charge in [0, 0.05) is 39.4 Å². The van der Waals surface area contributed by atoms with E-state index in [0.29, 0.717) is 40.3 Å². The number of halogens is 2. The van der Waals surface area contributed by atoms with Crippen LogP contribution in [-0.4, -0.2) is 31.3 Å². The van der Waals surface area contributed by atoms with Crippen molar-refractivity contribution in [1.82, 2.24) is 15.0 Å². The van der Waals surface area contributed by atoms with Crippen molar-refractivity contribution >= 4 is 21.3 Å². The Hall–Kier alpha value is -3.31. The highest BCUT2D eigenvalue weighted by molar-refractivity contribution is 8.00. The van der Waals surface area contributed by atoms with Crippen LogP contribution in [-0.2, 0) is 16.1 Å². The fourth-order valence-corrected chi connectivity index (χ4v) is 3.45. The van der Waals surface area contributed by atoms with E-state index in [2.05, 4.69) is 37.4 Å². The van der Waals surface area contributed by atoms with E-state index in [0.717, 1.165) is 6.07 Å². The van der Waals surface area contributed by atoms with E-state index >= 15 is 0 Å². The third kappa shape index (κ3) is 4.99. The molecule has 0 radical (unpaired) electrons. The lowest BCUT2D eigenvalue weighted by molar-refractivity contribution is 0.585. The van der Waals surface area contributed by atoms with E-state index in [-0.39, 0.29) is 5.56 Å². The second-order valence-electron chi connectivity index (χ2n) is 6.74. The van der Waals surface area contributed by atoms with Crippen molar-refractivity contribution in [3.05, 3.63) is 70.9 Å². The topological polar surface area (TPSA) is 67.8 Å². The normalized spacial score (nSPS) is 12.6. The molecule has 2 aromatic heterocycles. The summed E-state index contributed by atoms with van der Waals surface area (Å²) in [5.41, 5.74) is 3.31. The van der Waals surface area contributed by atoms with Crippen molar-refractivity contribution in [2.75, 3.05) is 11.0 Å². The van der Waals surface area contributed by atoms with Crippen LogP contribution in [0.5, 0.6) is 0 Å². The van der Waals surface area contributed by atoms with Crippen molar-refractivity contribution in [2.24, 2.45) is 0 Å². The lowest BCUT2D eigenvalue weighted by Crippen LogP contribution is -2.11. The molecule has 30 heavy (non-hydrogen) atoms. The Morgan fingerprint density at radius 2 is 1.93 bits per heavy atom. The SMILES string of the molecule is C=S(C)(=O)Nc1cc(C#Cc2c(CC)ncnc2-c2ccc(F)cc2F)cnc1C. The molecular weight excluding hydrogens is 406 g/mol. The first kappa shape index (κ1) is 21.4. The van der Waals surface area contributed by atoms with E-state index in [4.69, 9.17) is 0 Å². The molecule has 2 heterocycles. The number of rotatable bonds is 4. The van der Waals surface area contributed by atoms with Crippen molar-refractivity contribution in [3.8, 4) is 23.1 Å². The minimum Gasteiger partial charge on any atom is -0.311 e. The van der Waals surface area contributed by atoms with Crippen LogP contribution in [0.2, 0.25) is 0 Å². The maximum absolute atomic E-state index is 14.4. The van der Waals surface area contributed by atoms with Gasteiger partial charge < -0.3 is 4.72 Å². The summed E-state index contributed by atoms with van der Waals surface area (Å²) in [6, 6.07) is 5.03. The van der Waals surface area contributed by atoms with Crippen molar-refractivity contribution in [1.29, 1.82) is 0 Å². The van der Waals surface area contributed by atoms with E-state index in [1.165, 1.54) is 24.7 Å². The molecule has 0 aliphatic heterocycles. The molecule has 1 aromatic carbocycles. The predicted octanol–water partition coefficient (Wildman–Crippen LogP) is 3.76. The fraction of sp³-hybridized carbons (Fsp3) is 0.182. The molecule has 154 valence electrons. The zero-order valence-corrected chi connectivity index (χ0v) is 17.6. The van der Waals surface area contributed by atoms with E-state index < -0.39 is 21.3 Å². The number of hydrogen-bond donors (Lipinski definition) is 1. The van der Waals surface area contributed by atoms with Crippen LogP contribution in [0.1, 0.15) is 29.4 Å². The van der Waals surface area contributed by atoms with Gasteiger partial charge in [0.25, 0.3) is 0 Å². The van der Waals surface area contributed by atoms with Gasteiger partial charge in [0.05, 0.1) is 28.3 Å². The number of pyridine rings is 1. The molecular formula is C22H20F2N4OS. The molecule has 8 heteroatoms. The minimum atomic E-state index is -2.48. The van der Waals surface area contributed by atoms with Gasteiger partial charge in [-0.3, -0.25) is 4.98 Å². The van der Waals surface area contributed by atoms with Crippen molar-refractivity contribution < 1.29 is 13.0 Å². The Morgan fingerprint density at radius 1 is 1.17 bits per heavy atom. The zero-order valence-electron chi connectivity index (χ0n) is 16.8. The molecule has 0 bridgehead atoms. The number of anilines is 1. The molecule has 0 amide bonds. The smallest absolute Gasteiger partial charge is 0.135 e. The molecule has 3 rings (SSSR count). The first-order valence-electron chi connectivity index (χ1n) is 9.06. The largest absolute Gasteiger partial charge is 0.311 e. The van der Waals surface area contributed by atoms with Crippen LogP contribution >= 0.6 is 0 Å². The summed E-state index contributed by atoms with van der Waals surface area (Å²) in [4.78, 5) is 12.7. The number of nitrogens with zero attached hydrogens (tertiary/aromatic N) is 3. The molecule has 0 saturated carbocycles. The average molecular weight is 426 g/mol. The maximum Gasteiger partial charge on any atom is 0.135 e. The number of benzene rings is 1. The molecule has 3 aromatic rings. The van der Waals surface area contributed by atoms with Crippen LogP contribution in [0, 0.1) is 30.4 Å². The van der Waals surface area contributed by atoms with Gasteiger partial charge in [-0.1, -0.05) is 18.8 Å². The third-order valence-electron chi connectivity index (χ3n) is 4.19. The lowest BCUT2D eigenvalue weighted by Gasteiger charge is -2.10. The van der Waals surface area contributed by atoms with Gasteiger partial charge >= 0.3 is 0 Å². The summed E-state index contributed by atoms with van der Waals surface area (Å²) in [6.07, 6.45) is 4.97. The van der Waals surface area contributed by atoms with Crippen LogP contribution in [0.15, 0.2) is 36.8 Å². The molecule has 1 N–H and O–H groups in total. The monoisotopic (exact) mass is 426 g/mol. The molecule has 5 nitrogen and oxygen atoms in total. The summed E-state index contributed by atoms with van der Waals surface area (Å²) in [6.45, 7) is 3.68. The summed E-state index contributed by atoms with van der Waals surface area (Å²) in [5, 5.41) is 0. The maximum atomic E-state index is 14.4. The third-order valence-corrected chi connectivity index (χ3v) is 4.84. The Bertz CT molecular complexity index is 1280. The average Bonchev–Trinajstić information content (AvgIpc) is 2.67. The predicted molar refractivity (Wildman–Crippen MR) is 117 cm³/mol. The Labute approximate surface area is 174 Å². The van der Waals surface area contributed by atoms with Gasteiger partial charge in [0.1, 0.15) is 18.0 Å². The zero-order chi connectivity index (χ0) is 21.9. The van der Waals surface area contributed by atoms with Crippen molar-refractivity contribution in [2.45, 2.75) is 20.3 Å². The summed E-state index contributed by atoms with van der Waals surface area (Å²) in [7, 11) is -2.48. The van der Waals surface area contributed by atoms with Crippen LogP contribution in [0.3, 0.4) is 0 Å². The Kier molecular flexibility index (Phi) is 6.13. The summed E-state index contributed by atoms with van der Waals surface area (Å²) in [5.74, 6) is 8.19. The molecule has 0 aliphatic rings. The van der Waals surface area contributed by atoms with E-state index in [9.17, 15) is 13.0 Å². The van der Waals surface area contributed by atoms with Gasteiger partial charge in [0.15, 0.2) is 0 Å². The molecule has 1 atom stereocenters. The van der Waals surface area contributed by atoms with Crippen molar-refractivity contribution in [3.63, 3.8) is 0 Å². The van der Waals surface area contributed by atoms with Crippen LogP contribution in [0.25, 0.3) is 11.3 Å². The van der Waals surface area contributed by atoms with Gasteiger partial charge in [-0.2, -0.15) is 0 Å². The molecule has 1 unspecified atom stereocenters. The highest BCUT2D eigenvalue weighted by Gasteiger charge is 2.15. The van der Waals surface area contributed by atoms with Gasteiger partial charge in [-0.25, -0.2) is 23.0 Å². The van der Waals surface area contributed by atoms with Crippen LogP contribution < -0.4 is 4.72 Å². The fourth-order valence-electron chi connectivity index (χ4n) is 2.78. The molecule has 0 saturated heterocycles. The number of aromatic nitrogens is 3. The Balaban J connectivity index is 2.11. The number of hydrogen-bond acceptors (Lipinski definition) is 4. The van der Waals surface area contributed by atoms with Gasteiger partial charge in [0.2, 0.25) is 0 Å². The quantitative estimate of drug-likeness (QED) is 0.510. The molecule has 0 aliphatic carbocycles. The van der Waals surface area contributed by atoms with Gasteiger partial charge in [-0.15, -0.1) is 0 Å². The van der Waals surface area contributed by atoms with Gasteiger partial charge in [-0.05, 0) is 37.4 Å². The molecule has 0 fully saturated rings. The Morgan fingerprint density at radius 3 is 2.60 bits per heavy atom. The van der Waals surface area contributed by atoms with E-state index in [1.54, 1.807) is 19.2 Å². The first-order chi connectivity index (χ1) is 14.2. The highest BCUT2D eigenvalue weighted by Crippen LogP contribution is 2.26. The number of nitrogens with one attached hydrogen (secondary N) is 1. The number of aryl methyl sites for hydroxylation is 2. The summed E-state index contributed by atoms with van der Waals surface area (Å²) < 4.78 is 42.5. The minimum absolute atomic E-state index is 0.143.